The van der Waals surface area contributed by atoms with Gasteiger partial charge in [0.2, 0.25) is 0 Å². The normalized spacial score (nSPS) is 18.6. The molecular formula is C5H14N4O6. The predicted molar refractivity (Wildman–Crippen MR) is 47.6 cm³/mol. The van der Waals surface area contributed by atoms with Gasteiger partial charge in [0.1, 0.15) is 0 Å². The summed E-state index contributed by atoms with van der Waals surface area (Å²) in [5, 5.41) is 30.5. The lowest BCUT2D eigenvalue weighted by atomic mass is 10.1. The van der Waals surface area contributed by atoms with Crippen LogP contribution in [0.25, 0.3) is 0 Å². The molecule has 1 heterocycles. The van der Waals surface area contributed by atoms with E-state index in [-0.39, 0.29) is 0 Å². The van der Waals surface area contributed by atoms with Gasteiger partial charge in [0.25, 0.3) is 10.2 Å². The monoisotopic (exact) mass is 226 g/mol. The Balaban J connectivity index is 0. The van der Waals surface area contributed by atoms with E-state index in [1.165, 1.54) is 12.8 Å². The van der Waals surface area contributed by atoms with Crippen LogP contribution in [0, 0.1) is 20.2 Å². The molecule has 0 radical (unpaired) electrons. The second kappa shape index (κ2) is 10.4. The van der Waals surface area contributed by atoms with Crippen LogP contribution in [0.5, 0.6) is 0 Å². The van der Waals surface area contributed by atoms with Crippen LogP contribution >= 0.6 is 0 Å². The molecule has 1 fully saturated rings. The molecule has 0 aromatic heterocycles. The second-order valence-electron chi connectivity index (χ2n) is 2.58. The smallest absolute Gasteiger partial charge is 0.291 e. The van der Waals surface area contributed by atoms with E-state index in [9.17, 15) is 0 Å². The van der Waals surface area contributed by atoms with Gasteiger partial charge >= 0.3 is 0 Å². The van der Waals surface area contributed by atoms with Crippen molar-refractivity contribution in [1.82, 2.24) is 5.32 Å². The van der Waals surface area contributed by atoms with Gasteiger partial charge in [-0.05, 0) is 19.4 Å². The van der Waals surface area contributed by atoms with Gasteiger partial charge in [-0.2, -0.15) is 0 Å². The molecule has 1 rings (SSSR count). The summed E-state index contributed by atoms with van der Waals surface area (Å²) in [4.78, 5) is 16.7. The SMILES string of the molecule is N[C@@H]1CCCNC1.O=[N+]([O-])O.O=[N+]([O-])O. The Morgan fingerprint density at radius 2 is 1.67 bits per heavy atom. The lowest BCUT2D eigenvalue weighted by Gasteiger charge is -2.17. The highest BCUT2D eigenvalue weighted by atomic mass is 16.9. The minimum Gasteiger partial charge on any atom is -0.328 e. The standard InChI is InChI=1S/C5H12N2.2HNO3/c6-5-2-1-3-7-4-5;2*2-1(3)4/h5,7H,1-4,6H2;2*(H,2,3,4)/t5-;;/m1../s1. The molecule has 10 nitrogen and oxygen atoms in total. The Kier molecular flexibility index (Phi) is 10.9. The molecule has 1 aliphatic rings. The Labute approximate surface area is 84.9 Å². The van der Waals surface area contributed by atoms with E-state index in [2.05, 4.69) is 5.32 Å². The molecule has 0 bridgehead atoms. The van der Waals surface area contributed by atoms with Gasteiger partial charge in [0.05, 0.1) is 0 Å². The summed E-state index contributed by atoms with van der Waals surface area (Å²) >= 11 is 0. The quantitative estimate of drug-likeness (QED) is 0.301. The molecule has 1 saturated heterocycles. The number of rotatable bonds is 0. The number of nitrogens with one attached hydrogen (secondary N) is 1. The van der Waals surface area contributed by atoms with Crippen molar-refractivity contribution in [1.29, 1.82) is 0 Å². The maximum Gasteiger partial charge on any atom is 0.291 e. The summed E-state index contributed by atoms with van der Waals surface area (Å²) in [5.74, 6) is 0. The first-order valence-corrected chi connectivity index (χ1v) is 3.99. The molecule has 10 heteroatoms. The Morgan fingerprint density at radius 3 is 1.80 bits per heavy atom. The zero-order valence-corrected chi connectivity index (χ0v) is 7.90. The summed E-state index contributed by atoms with van der Waals surface area (Å²) in [6.45, 7) is 2.17. The first kappa shape index (κ1) is 15.8. The van der Waals surface area contributed by atoms with Crippen molar-refractivity contribution >= 4 is 0 Å². The van der Waals surface area contributed by atoms with Crippen LogP contribution < -0.4 is 11.1 Å². The first-order valence-electron chi connectivity index (χ1n) is 3.99. The molecule has 1 atom stereocenters. The Bertz CT molecular complexity index is 162. The third-order valence-corrected chi connectivity index (χ3v) is 1.33. The van der Waals surface area contributed by atoms with E-state index in [1.807, 2.05) is 0 Å². The fourth-order valence-corrected chi connectivity index (χ4v) is 0.879. The maximum atomic E-state index is 8.36. The van der Waals surface area contributed by atoms with Gasteiger partial charge in [0, 0.05) is 12.6 Å². The summed E-state index contributed by atoms with van der Waals surface area (Å²) in [7, 11) is 0. The molecule has 5 N–H and O–H groups in total. The number of nitrogens with zero attached hydrogens (tertiary/aromatic N) is 2. The molecule has 0 aromatic carbocycles. The molecule has 0 spiro atoms. The molecule has 0 unspecified atom stereocenters. The van der Waals surface area contributed by atoms with E-state index in [0.717, 1.165) is 13.1 Å². The van der Waals surface area contributed by atoms with Crippen LogP contribution in [0.15, 0.2) is 0 Å². The van der Waals surface area contributed by atoms with Gasteiger partial charge in [-0.1, -0.05) is 0 Å². The van der Waals surface area contributed by atoms with Crippen LogP contribution in [-0.2, 0) is 0 Å². The predicted octanol–water partition coefficient (Wildman–Crippen LogP) is -0.998. The van der Waals surface area contributed by atoms with Crippen LogP contribution in [0.3, 0.4) is 0 Å². The number of hydrogen-bond donors (Lipinski definition) is 4. The highest BCUT2D eigenvalue weighted by molar-refractivity contribution is 4.69. The Hall–Kier alpha value is -1.68. The zero-order valence-electron chi connectivity index (χ0n) is 7.90. The van der Waals surface area contributed by atoms with E-state index in [4.69, 9.17) is 36.4 Å². The van der Waals surface area contributed by atoms with E-state index >= 15 is 0 Å². The lowest BCUT2D eigenvalue weighted by molar-refractivity contribution is -0.742. The number of piperidine rings is 1. The van der Waals surface area contributed by atoms with Crippen molar-refractivity contribution in [2.45, 2.75) is 18.9 Å². The number of hydrogen-bond acceptors (Lipinski definition) is 6. The van der Waals surface area contributed by atoms with Gasteiger partial charge < -0.3 is 21.5 Å². The topological polar surface area (TPSA) is 165 Å². The highest BCUT2D eigenvalue weighted by Gasteiger charge is 2.05. The highest BCUT2D eigenvalue weighted by Crippen LogP contribution is 1.96. The van der Waals surface area contributed by atoms with Crippen LogP contribution in [0.2, 0.25) is 0 Å². The molecule has 0 aliphatic carbocycles. The van der Waals surface area contributed by atoms with Gasteiger partial charge in [-0.3, -0.25) is 0 Å². The van der Waals surface area contributed by atoms with E-state index < -0.39 is 10.2 Å². The molecule has 90 valence electrons. The summed E-state index contributed by atoms with van der Waals surface area (Å²) < 4.78 is 0. The maximum absolute atomic E-state index is 8.36. The van der Waals surface area contributed by atoms with Crippen molar-refractivity contribution in [2.24, 2.45) is 5.73 Å². The molecule has 0 saturated carbocycles. The van der Waals surface area contributed by atoms with Gasteiger partial charge in [-0.15, -0.1) is 20.2 Å². The van der Waals surface area contributed by atoms with E-state index in [0.29, 0.717) is 6.04 Å². The fourth-order valence-electron chi connectivity index (χ4n) is 0.879. The average Bonchev–Trinajstić information content (AvgIpc) is 2.03. The molecule has 1 aliphatic heterocycles. The van der Waals surface area contributed by atoms with Crippen LogP contribution in [-0.4, -0.2) is 39.7 Å². The molecule has 0 aromatic rings. The average molecular weight is 226 g/mol. The van der Waals surface area contributed by atoms with Crippen molar-refractivity contribution in [3.05, 3.63) is 20.2 Å². The minimum absolute atomic E-state index is 0.425. The second-order valence-corrected chi connectivity index (χ2v) is 2.58. The third-order valence-electron chi connectivity index (χ3n) is 1.33. The molecule has 0 amide bonds. The Morgan fingerprint density at radius 1 is 1.27 bits per heavy atom. The van der Waals surface area contributed by atoms with Crippen molar-refractivity contribution in [3.63, 3.8) is 0 Å². The van der Waals surface area contributed by atoms with Crippen molar-refractivity contribution < 1.29 is 20.6 Å². The number of nitrogens with two attached hydrogens (primary N) is 1. The third kappa shape index (κ3) is 32.9. The van der Waals surface area contributed by atoms with Crippen molar-refractivity contribution in [3.8, 4) is 0 Å². The van der Waals surface area contributed by atoms with Gasteiger partial charge in [0.15, 0.2) is 0 Å². The minimum atomic E-state index is -1.50. The largest absolute Gasteiger partial charge is 0.328 e. The van der Waals surface area contributed by atoms with E-state index in [1.54, 1.807) is 0 Å². The zero-order chi connectivity index (χ0) is 12.3. The fraction of sp³-hybridized carbons (Fsp3) is 1.00. The first-order chi connectivity index (χ1) is 6.86. The lowest BCUT2D eigenvalue weighted by Crippen LogP contribution is -2.39. The summed E-state index contributed by atoms with van der Waals surface area (Å²) in [5.41, 5.74) is 5.57. The molecule has 15 heavy (non-hydrogen) atoms. The van der Waals surface area contributed by atoms with Crippen LogP contribution in [0.4, 0.5) is 0 Å². The summed E-state index contributed by atoms with van der Waals surface area (Å²) in [6, 6.07) is 0.425. The van der Waals surface area contributed by atoms with Crippen molar-refractivity contribution in [2.75, 3.05) is 13.1 Å². The molecular weight excluding hydrogens is 212 g/mol. The summed E-state index contributed by atoms with van der Waals surface area (Å²) in [6.07, 6.45) is 2.45. The van der Waals surface area contributed by atoms with Gasteiger partial charge in [-0.25, -0.2) is 0 Å². The van der Waals surface area contributed by atoms with Crippen LogP contribution in [0.1, 0.15) is 12.8 Å².